The van der Waals surface area contributed by atoms with Crippen molar-refractivity contribution in [1.29, 1.82) is 0 Å². The molecule has 1 nitrogen and oxygen atoms in total. The smallest absolute Gasteiger partial charge is 0.0557 e. The summed E-state index contributed by atoms with van der Waals surface area (Å²) in [5.74, 6) is 0. The molecule has 18 heavy (non-hydrogen) atoms. The number of aryl methyl sites for hydroxylation is 2. The monoisotopic (exact) mass is 257 g/mol. The maximum Gasteiger partial charge on any atom is 0.0557 e. The molecule has 0 spiro atoms. The topological polar surface area (TPSA) is 12.0 Å². The molecule has 1 N–H and O–H groups in total. The quantitative estimate of drug-likeness (QED) is 0.783. The summed E-state index contributed by atoms with van der Waals surface area (Å²) in [7, 11) is 0. The lowest BCUT2D eigenvalue weighted by Crippen LogP contribution is -2.07. The molecular formula is C16H16ClN. The summed E-state index contributed by atoms with van der Waals surface area (Å²) in [5.41, 5.74) is 6.57. The van der Waals surface area contributed by atoms with Gasteiger partial charge in [0.2, 0.25) is 0 Å². The van der Waals surface area contributed by atoms with E-state index in [1.165, 1.54) is 27.9 Å². The van der Waals surface area contributed by atoms with Gasteiger partial charge in [-0.2, -0.15) is 0 Å². The average Bonchev–Trinajstić information content (AvgIpc) is 2.71. The maximum atomic E-state index is 6.04. The Labute approximate surface area is 113 Å². The predicted octanol–water partition coefficient (Wildman–Crippen LogP) is 4.67. The number of rotatable bonds is 1. The molecule has 0 saturated heterocycles. The van der Waals surface area contributed by atoms with Gasteiger partial charge in [0.15, 0.2) is 0 Å². The number of nitrogens with one attached hydrogen (secondary N) is 1. The van der Waals surface area contributed by atoms with Crippen molar-refractivity contribution in [2.45, 2.75) is 26.3 Å². The molecule has 0 amide bonds. The Bertz CT molecular complexity index is 604. The van der Waals surface area contributed by atoms with Gasteiger partial charge in [-0.1, -0.05) is 35.4 Å². The third-order valence-corrected chi connectivity index (χ3v) is 3.86. The molecule has 2 heteroatoms. The normalized spacial score (nSPS) is 17.4. The number of hydrogen-bond acceptors (Lipinski definition) is 1. The lowest BCUT2D eigenvalue weighted by atomic mass is 9.97. The molecule has 1 aliphatic rings. The zero-order valence-corrected chi connectivity index (χ0v) is 11.4. The minimum Gasteiger partial charge on any atom is -0.378 e. The van der Waals surface area contributed by atoms with E-state index in [0.29, 0.717) is 6.04 Å². The van der Waals surface area contributed by atoms with E-state index in [-0.39, 0.29) is 0 Å². The second-order valence-electron chi connectivity index (χ2n) is 5.06. The Hall–Kier alpha value is -1.47. The van der Waals surface area contributed by atoms with Crippen LogP contribution in [0, 0.1) is 13.8 Å². The van der Waals surface area contributed by atoms with Gasteiger partial charge in [0.05, 0.1) is 6.04 Å². The van der Waals surface area contributed by atoms with Crippen LogP contribution in [0.15, 0.2) is 36.4 Å². The van der Waals surface area contributed by atoms with Crippen LogP contribution in [0.2, 0.25) is 5.02 Å². The molecule has 0 fully saturated rings. The summed E-state index contributed by atoms with van der Waals surface area (Å²) in [6.07, 6.45) is 1.01. The van der Waals surface area contributed by atoms with E-state index >= 15 is 0 Å². The second kappa shape index (κ2) is 4.33. The van der Waals surface area contributed by atoms with Crippen LogP contribution in [0.5, 0.6) is 0 Å². The van der Waals surface area contributed by atoms with Crippen molar-refractivity contribution in [2.75, 3.05) is 5.32 Å². The highest BCUT2D eigenvalue weighted by Crippen LogP contribution is 2.36. The van der Waals surface area contributed by atoms with Crippen molar-refractivity contribution in [2.24, 2.45) is 0 Å². The first kappa shape index (κ1) is 11.6. The number of anilines is 1. The minimum atomic E-state index is 0.374. The van der Waals surface area contributed by atoms with Crippen LogP contribution >= 0.6 is 11.6 Å². The number of hydrogen-bond donors (Lipinski definition) is 1. The van der Waals surface area contributed by atoms with Crippen molar-refractivity contribution in [3.8, 4) is 0 Å². The molecule has 0 radical (unpaired) electrons. The van der Waals surface area contributed by atoms with Crippen LogP contribution in [0.4, 0.5) is 5.69 Å². The average molecular weight is 258 g/mol. The van der Waals surface area contributed by atoms with Crippen LogP contribution < -0.4 is 5.32 Å². The van der Waals surface area contributed by atoms with E-state index in [9.17, 15) is 0 Å². The van der Waals surface area contributed by atoms with Gasteiger partial charge in [-0.25, -0.2) is 0 Å². The van der Waals surface area contributed by atoms with Crippen LogP contribution in [0.3, 0.4) is 0 Å². The summed E-state index contributed by atoms with van der Waals surface area (Å²) in [4.78, 5) is 0. The molecule has 0 bridgehead atoms. The fourth-order valence-electron chi connectivity index (χ4n) is 2.73. The summed E-state index contributed by atoms with van der Waals surface area (Å²) in [6, 6.07) is 13.1. The largest absolute Gasteiger partial charge is 0.378 e. The van der Waals surface area contributed by atoms with Gasteiger partial charge in [0.1, 0.15) is 0 Å². The molecule has 1 unspecified atom stereocenters. The summed E-state index contributed by atoms with van der Waals surface area (Å²) < 4.78 is 0. The van der Waals surface area contributed by atoms with Gasteiger partial charge in [-0.05, 0) is 55.2 Å². The van der Waals surface area contributed by atoms with Gasteiger partial charge in [-0.3, -0.25) is 0 Å². The fourth-order valence-corrected chi connectivity index (χ4v) is 2.93. The van der Waals surface area contributed by atoms with Crippen molar-refractivity contribution >= 4 is 17.3 Å². The van der Waals surface area contributed by atoms with E-state index < -0.39 is 0 Å². The zero-order valence-electron chi connectivity index (χ0n) is 10.6. The van der Waals surface area contributed by atoms with Gasteiger partial charge >= 0.3 is 0 Å². The predicted molar refractivity (Wildman–Crippen MR) is 77.4 cm³/mol. The highest BCUT2D eigenvalue weighted by Gasteiger charge is 2.23. The zero-order chi connectivity index (χ0) is 12.7. The van der Waals surface area contributed by atoms with E-state index in [4.69, 9.17) is 11.6 Å². The van der Waals surface area contributed by atoms with Crippen molar-refractivity contribution in [3.63, 3.8) is 0 Å². The van der Waals surface area contributed by atoms with Crippen LogP contribution in [0.25, 0.3) is 0 Å². The lowest BCUT2D eigenvalue weighted by molar-refractivity contribution is 0.815. The van der Waals surface area contributed by atoms with Crippen molar-refractivity contribution in [3.05, 3.63) is 63.7 Å². The van der Waals surface area contributed by atoms with E-state index in [2.05, 4.69) is 49.5 Å². The van der Waals surface area contributed by atoms with Crippen LogP contribution in [-0.4, -0.2) is 0 Å². The van der Waals surface area contributed by atoms with E-state index in [1.54, 1.807) is 0 Å². The number of fused-ring (bicyclic) bond motifs is 1. The molecule has 3 rings (SSSR count). The molecule has 0 saturated carbocycles. The van der Waals surface area contributed by atoms with Gasteiger partial charge < -0.3 is 5.32 Å². The third-order valence-electron chi connectivity index (χ3n) is 3.62. The summed E-state index contributed by atoms with van der Waals surface area (Å²) >= 11 is 6.04. The molecule has 1 heterocycles. The van der Waals surface area contributed by atoms with Crippen molar-refractivity contribution in [1.82, 2.24) is 0 Å². The molecule has 0 aliphatic carbocycles. The SMILES string of the molecule is Cc1ccc(C2Cc3cc(Cl)ccc3N2)c(C)c1. The first-order valence-corrected chi connectivity index (χ1v) is 6.63. The van der Waals surface area contributed by atoms with Crippen LogP contribution in [0.1, 0.15) is 28.3 Å². The highest BCUT2D eigenvalue weighted by atomic mass is 35.5. The first-order chi connectivity index (χ1) is 8.63. The standard InChI is InChI=1S/C16H16ClN/c1-10-3-5-14(11(2)7-10)16-9-12-8-13(17)4-6-15(12)18-16/h3-8,16,18H,9H2,1-2H3. The lowest BCUT2D eigenvalue weighted by Gasteiger charge is -2.15. The first-order valence-electron chi connectivity index (χ1n) is 6.25. The van der Waals surface area contributed by atoms with Gasteiger partial charge in [-0.15, -0.1) is 0 Å². The third kappa shape index (κ3) is 1.99. The van der Waals surface area contributed by atoms with Gasteiger partial charge in [0, 0.05) is 10.7 Å². The number of benzene rings is 2. The summed E-state index contributed by atoms with van der Waals surface area (Å²) in [5, 5.41) is 4.40. The Kier molecular flexibility index (Phi) is 2.79. The van der Waals surface area contributed by atoms with E-state index in [0.717, 1.165) is 11.4 Å². The molecule has 1 atom stereocenters. The van der Waals surface area contributed by atoms with Gasteiger partial charge in [0.25, 0.3) is 0 Å². The Morgan fingerprint density at radius 3 is 2.72 bits per heavy atom. The Balaban J connectivity index is 1.93. The molecule has 2 aromatic carbocycles. The summed E-state index contributed by atoms with van der Waals surface area (Å²) in [6.45, 7) is 4.31. The molecule has 2 aromatic rings. The second-order valence-corrected chi connectivity index (χ2v) is 5.50. The van der Waals surface area contributed by atoms with Crippen molar-refractivity contribution < 1.29 is 0 Å². The fraction of sp³-hybridized carbons (Fsp3) is 0.250. The molecule has 1 aliphatic heterocycles. The Morgan fingerprint density at radius 1 is 1.11 bits per heavy atom. The molecule has 92 valence electrons. The number of halogens is 1. The van der Waals surface area contributed by atoms with E-state index in [1.807, 2.05) is 6.07 Å². The molecular weight excluding hydrogens is 242 g/mol. The molecule has 0 aromatic heterocycles. The highest BCUT2D eigenvalue weighted by molar-refractivity contribution is 6.30. The maximum absolute atomic E-state index is 6.04. The Morgan fingerprint density at radius 2 is 1.94 bits per heavy atom. The minimum absolute atomic E-state index is 0.374. The van der Waals surface area contributed by atoms with Crippen LogP contribution in [-0.2, 0) is 6.42 Å².